The number of pyridine rings is 1. The number of benzene rings is 2. The molecule has 29 heavy (non-hydrogen) atoms. The minimum atomic E-state index is -1.57. The van der Waals surface area contributed by atoms with Crippen LogP contribution in [0.1, 0.15) is 42.7 Å². The second-order valence-corrected chi connectivity index (χ2v) is 6.37. The van der Waals surface area contributed by atoms with E-state index in [4.69, 9.17) is 15.2 Å². The van der Waals surface area contributed by atoms with E-state index in [2.05, 4.69) is 4.98 Å². The van der Waals surface area contributed by atoms with Crippen LogP contribution in [0.5, 0.6) is 5.88 Å². The van der Waals surface area contributed by atoms with Gasteiger partial charge >= 0.3 is 6.09 Å². The topological polar surface area (TPSA) is 94.7 Å². The van der Waals surface area contributed by atoms with Crippen molar-refractivity contribution in [3.8, 4) is 5.88 Å². The molecule has 1 aromatic heterocycles. The number of fused-ring (bicyclic) bond motifs is 1. The van der Waals surface area contributed by atoms with Gasteiger partial charge < -0.3 is 20.3 Å². The maximum absolute atomic E-state index is 14.7. The summed E-state index contributed by atoms with van der Waals surface area (Å²) in [5.41, 5.74) is 4.81. The molecule has 0 aliphatic heterocycles. The standard InChI is InChI=1S/C21H20F2N2O4/c1-3-28-20-15-6-4-5-14(13(15)7-8-25-20)19(26)18-16(22)9-12(10-17(18)23)11(2)29-21(24)27/h4-11,19,26H,3H2,1-2H3,(H2,24,27). The second-order valence-electron chi connectivity index (χ2n) is 6.37. The highest BCUT2D eigenvalue weighted by atomic mass is 19.1. The van der Waals surface area contributed by atoms with Crippen LogP contribution in [0.3, 0.4) is 0 Å². The van der Waals surface area contributed by atoms with Crippen molar-refractivity contribution in [3.63, 3.8) is 0 Å². The van der Waals surface area contributed by atoms with Crippen LogP contribution in [0.15, 0.2) is 42.6 Å². The Balaban J connectivity index is 2.06. The molecule has 152 valence electrons. The molecular formula is C21H20F2N2O4. The number of carbonyl (C=O) groups excluding carboxylic acids is 1. The largest absolute Gasteiger partial charge is 0.478 e. The maximum atomic E-state index is 14.7. The van der Waals surface area contributed by atoms with Gasteiger partial charge in [0.2, 0.25) is 5.88 Å². The minimum Gasteiger partial charge on any atom is -0.478 e. The first kappa shape index (κ1) is 20.5. The molecule has 0 aliphatic rings. The van der Waals surface area contributed by atoms with Crippen LogP contribution in [0.4, 0.5) is 13.6 Å². The zero-order valence-electron chi connectivity index (χ0n) is 15.9. The fraction of sp³-hybridized carbons (Fsp3) is 0.238. The van der Waals surface area contributed by atoms with Crippen LogP contribution in [-0.2, 0) is 4.74 Å². The quantitative estimate of drug-likeness (QED) is 0.646. The van der Waals surface area contributed by atoms with E-state index in [0.29, 0.717) is 28.8 Å². The molecule has 2 unspecified atom stereocenters. The first-order valence-electron chi connectivity index (χ1n) is 8.96. The summed E-state index contributed by atoms with van der Waals surface area (Å²) >= 11 is 0. The highest BCUT2D eigenvalue weighted by molar-refractivity contribution is 5.90. The number of aliphatic hydroxyl groups is 1. The molecule has 0 radical (unpaired) electrons. The smallest absolute Gasteiger partial charge is 0.405 e. The number of hydrogen-bond acceptors (Lipinski definition) is 5. The highest BCUT2D eigenvalue weighted by Gasteiger charge is 2.24. The number of ether oxygens (including phenoxy) is 2. The Kier molecular flexibility index (Phi) is 5.93. The Morgan fingerprint density at radius 3 is 2.52 bits per heavy atom. The van der Waals surface area contributed by atoms with Gasteiger partial charge in [0.1, 0.15) is 23.8 Å². The summed E-state index contributed by atoms with van der Waals surface area (Å²) in [5, 5.41) is 12.0. The van der Waals surface area contributed by atoms with Crippen molar-refractivity contribution in [2.24, 2.45) is 5.73 Å². The molecule has 0 fully saturated rings. The third-order valence-electron chi connectivity index (χ3n) is 4.52. The van der Waals surface area contributed by atoms with Crippen molar-refractivity contribution >= 4 is 16.9 Å². The fourth-order valence-electron chi connectivity index (χ4n) is 3.19. The molecule has 0 spiro atoms. The summed E-state index contributed by atoms with van der Waals surface area (Å²) < 4.78 is 39.7. The van der Waals surface area contributed by atoms with Gasteiger partial charge in [-0.2, -0.15) is 0 Å². The third kappa shape index (κ3) is 4.12. The number of halogens is 2. The van der Waals surface area contributed by atoms with Crippen molar-refractivity contribution in [2.75, 3.05) is 6.61 Å². The zero-order valence-corrected chi connectivity index (χ0v) is 15.9. The maximum Gasteiger partial charge on any atom is 0.405 e. The molecular weight excluding hydrogens is 382 g/mol. The SMILES string of the molecule is CCOc1nccc2c(C(O)c3c(F)cc(C(C)OC(N)=O)cc3F)cccc12. The van der Waals surface area contributed by atoms with Crippen LogP contribution in [0, 0.1) is 11.6 Å². The van der Waals surface area contributed by atoms with Gasteiger partial charge in [0.25, 0.3) is 0 Å². The van der Waals surface area contributed by atoms with Crippen molar-refractivity contribution in [2.45, 2.75) is 26.1 Å². The number of aromatic nitrogens is 1. The summed E-state index contributed by atoms with van der Waals surface area (Å²) in [6, 6.07) is 8.64. The van der Waals surface area contributed by atoms with Gasteiger partial charge in [-0.05, 0) is 54.6 Å². The number of hydrogen-bond donors (Lipinski definition) is 2. The fourth-order valence-corrected chi connectivity index (χ4v) is 3.19. The molecule has 1 amide bonds. The molecule has 0 aliphatic carbocycles. The van der Waals surface area contributed by atoms with E-state index in [1.165, 1.54) is 13.1 Å². The zero-order chi connectivity index (χ0) is 21.1. The van der Waals surface area contributed by atoms with Crippen molar-refractivity contribution in [1.29, 1.82) is 0 Å². The number of amides is 1. The summed E-state index contributed by atoms with van der Waals surface area (Å²) in [5.74, 6) is -1.57. The molecule has 0 bridgehead atoms. The molecule has 2 aromatic carbocycles. The van der Waals surface area contributed by atoms with Crippen molar-refractivity contribution < 1.29 is 28.2 Å². The van der Waals surface area contributed by atoms with Crippen molar-refractivity contribution in [1.82, 2.24) is 4.98 Å². The van der Waals surface area contributed by atoms with E-state index in [9.17, 15) is 18.7 Å². The number of nitrogens with two attached hydrogens (primary N) is 1. The van der Waals surface area contributed by atoms with Gasteiger partial charge in [-0.25, -0.2) is 18.6 Å². The molecule has 3 N–H and O–H groups in total. The molecule has 0 saturated carbocycles. The lowest BCUT2D eigenvalue weighted by atomic mass is 9.94. The molecule has 3 rings (SSSR count). The van der Waals surface area contributed by atoms with E-state index >= 15 is 0 Å². The van der Waals surface area contributed by atoms with Crippen LogP contribution < -0.4 is 10.5 Å². The minimum absolute atomic E-state index is 0.0792. The monoisotopic (exact) mass is 402 g/mol. The van der Waals surface area contributed by atoms with Crippen LogP contribution in [-0.4, -0.2) is 22.8 Å². The van der Waals surface area contributed by atoms with E-state index < -0.39 is 35.5 Å². The Hall–Kier alpha value is -3.26. The second kappa shape index (κ2) is 8.40. The number of rotatable bonds is 6. The lowest BCUT2D eigenvalue weighted by Crippen LogP contribution is -2.16. The number of nitrogens with zero attached hydrogens (tertiary/aromatic N) is 1. The van der Waals surface area contributed by atoms with E-state index in [1.54, 1.807) is 24.3 Å². The molecule has 6 nitrogen and oxygen atoms in total. The van der Waals surface area contributed by atoms with E-state index in [1.807, 2.05) is 6.92 Å². The lowest BCUT2D eigenvalue weighted by Gasteiger charge is -2.18. The first-order valence-corrected chi connectivity index (χ1v) is 8.96. The highest BCUT2D eigenvalue weighted by Crippen LogP contribution is 2.35. The van der Waals surface area contributed by atoms with Crippen LogP contribution in [0.25, 0.3) is 10.8 Å². The predicted octanol–water partition coefficient (Wildman–Crippen LogP) is 4.15. The summed E-state index contributed by atoms with van der Waals surface area (Å²) in [6.45, 7) is 3.64. The van der Waals surface area contributed by atoms with Crippen molar-refractivity contribution in [3.05, 3.63) is 70.9 Å². The van der Waals surface area contributed by atoms with Gasteiger partial charge in [-0.3, -0.25) is 0 Å². The Morgan fingerprint density at radius 1 is 1.21 bits per heavy atom. The van der Waals surface area contributed by atoms with Crippen LogP contribution in [0.2, 0.25) is 0 Å². The van der Waals surface area contributed by atoms with Crippen LogP contribution >= 0.6 is 0 Å². The van der Waals surface area contributed by atoms with Gasteiger partial charge in [-0.1, -0.05) is 12.1 Å². The lowest BCUT2D eigenvalue weighted by molar-refractivity contribution is 0.116. The summed E-state index contributed by atoms with van der Waals surface area (Å²) in [6.07, 6.45) is -2.07. The Bertz CT molecular complexity index is 1040. The van der Waals surface area contributed by atoms with E-state index in [0.717, 1.165) is 12.1 Å². The first-order chi connectivity index (χ1) is 13.8. The summed E-state index contributed by atoms with van der Waals surface area (Å²) in [4.78, 5) is 15.0. The van der Waals surface area contributed by atoms with Gasteiger partial charge in [-0.15, -0.1) is 0 Å². The molecule has 2 atom stereocenters. The average molecular weight is 402 g/mol. The van der Waals surface area contributed by atoms with Gasteiger partial charge in [0, 0.05) is 11.6 Å². The molecule has 8 heteroatoms. The summed E-state index contributed by atoms with van der Waals surface area (Å²) in [7, 11) is 0. The van der Waals surface area contributed by atoms with E-state index in [-0.39, 0.29) is 5.56 Å². The number of carbonyl (C=O) groups is 1. The Morgan fingerprint density at radius 2 is 1.90 bits per heavy atom. The average Bonchev–Trinajstić information content (AvgIpc) is 2.66. The predicted molar refractivity (Wildman–Crippen MR) is 102 cm³/mol. The Labute approximate surface area is 165 Å². The molecule has 0 saturated heterocycles. The molecule has 1 heterocycles. The number of aliphatic hydroxyl groups excluding tert-OH is 1. The van der Waals surface area contributed by atoms with Gasteiger partial charge in [0.15, 0.2) is 0 Å². The molecule has 3 aromatic rings. The number of primary amides is 1. The van der Waals surface area contributed by atoms with Gasteiger partial charge in [0.05, 0.1) is 12.2 Å². The normalized spacial score (nSPS) is 13.1. The third-order valence-corrected chi connectivity index (χ3v) is 4.52.